The number of halogens is 1. The van der Waals surface area contributed by atoms with Crippen molar-refractivity contribution in [3.8, 4) is 0 Å². The molecule has 2 amide bonds. The molecule has 1 aliphatic rings. The smallest absolute Gasteiger partial charge is 0.243 e. The van der Waals surface area contributed by atoms with Crippen molar-refractivity contribution in [1.29, 1.82) is 0 Å². The summed E-state index contributed by atoms with van der Waals surface area (Å²) in [6.45, 7) is 4.97. The van der Waals surface area contributed by atoms with Crippen molar-refractivity contribution in [3.05, 3.63) is 54.3 Å². The Hall–Kier alpha value is -2.78. The van der Waals surface area contributed by atoms with Gasteiger partial charge in [0.1, 0.15) is 5.82 Å². The number of nitrogens with zero attached hydrogens (tertiary/aromatic N) is 2. The van der Waals surface area contributed by atoms with E-state index in [1.807, 2.05) is 13.8 Å². The maximum Gasteiger partial charge on any atom is 0.243 e. The van der Waals surface area contributed by atoms with Gasteiger partial charge in [0.2, 0.25) is 21.8 Å². The Bertz CT molecular complexity index is 1050. The van der Waals surface area contributed by atoms with Crippen LogP contribution >= 0.6 is 0 Å². The molecule has 0 saturated carbocycles. The molecule has 32 heavy (non-hydrogen) atoms. The van der Waals surface area contributed by atoms with Crippen molar-refractivity contribution >= 4 is 33.2 Å². The van der Waals surface area contributed by atoms with Gasteiger partial charge in [-0.3, -0.25) is 9.59 Å². The van der Waals surface area contributed by atoms with Gasteiger partial charge in [-0.25, -0.2) is 12.8 Å². The van der Waals surface area contributed by atoms with E-state index in [0.29, 0.717) is 24.5 Å². The van der Waals surface area contributed by atoms with Crippen molar-refractivity contribution in [2.45, 2.75) is 38.0 Å². The van der Waals surface area contributed by atoms with Crippen LogP contribution in [-0.4, -0.2) is 44.2 Å². The summed E-state index contributed by atoms with van der Waals surface area (Å²) >= 11 is 0. The minimum atomic E-state index is -3.59. The van der Waals surface area contributed by atoms with Crippen LogP contribution in [0.25, 0.3) is 0 Å². The molecular weight excluding hydrogens is 433 g/mol. The van der Waals surface area contributed by atoms with Crippen LogP contribution in [0.2, 0.25) is 0 Å². The number of carbonyl (C=O) groups is 2. The third-order valence-corrected chi connectivity index (χ3v) is 7.25. The van der Waals surface area contributed by atoms with Crippen LogP contribution in [0.1, 0.15) is 33.1 Å². The quantitative estimate of drug-likeness (QED) is 0.618. The summed E-state index contributed by atoms with van der Waals surface area (Å²) in [7, 11) is -3.59. The summed E-state index contributed by atoms with van der Waals surface area (Å²) in [6, 6.07) is 11.6. The molecule has 1 fully saturated rings. The second-order valence-electron chi connectivity index (χ2n) is 7.80. The van der Waals surface area contributed by atoms with Gasteiger partial charge >= 0.3 is 0 Å². The first-order valence-electron chi connectivity index (χ1n) is 10.7. The third-order valence-electron chi connectivity index (χ3n) is 5.34. The zero-order valence-corrected chi connectivity index (χ0v) is 19.1. The van der Waals surface area contributed by atoms with Crippen molar-refractivity contribution in [2.75, 3.05) is 29.9 Å². The maximum absolute atomic E-state index is 13.1. The molecule has 1 heterocycles. The molecule has 1 N–H and O–H groups in total. The van der Waals surface area contributed by atoms with Crippen LogP contribution in [-0.2, 0) is 19.6 Å². The molecule has 2 aromatic carbocycles. The van der Waals surface area contributed by atoms with Crippen LogP contribution in [0.15, 0.2) is 53.4 Å². The summed E-state index contributed by atoms with van der Waals surface area (Å²) in [5, 5.41) is 2.76. The van der Waals surface area contributed by atoms with E-state index < -0.39 is 21.8 Å². The molecule has 0 radical (unpaired) electrons. The first kappa shape index (κ1) is 23.9. The maximum atomic E-state index is 13.1. The lowest BCUT2D eigenvalue weighted by atomic mass is 10.1. The number of benzene rings is 2. The van der Waals surface area contributed by atoms with E-state index in [1.165, 1.54) is 45.6 Å². The number of amides is 2. The zero-order chi connectivity index (χ0) is 23.3. The Morgan fingerprint density at radius 1 is 1.06 bits per heavy atom. The van der Waals surface area contributed by atoms with Gasteiger partial charge in [-0.2, -0.15) is 4.31 Å². The second-order valence-corrected chi connectivity index (χ2v) is 9.74. The highest BCUT2D eigenvalue weighted by Gasteiger charge is 2.35. The van der Waals surface area contributed by atoms with Gasteiger partial charge in [0, 0.05) is 37.4 Å². The molecule has 1 atom stereocenters. The standard InChI is InChI=1S/C23H28FN3O4S/c1-3-13-26(14-4-2)32(30,31)21-11-7-19(8-12-21)25-23(29)17-15-22(28)27(16-17)20-9-5-18(24)6-10-20/h5-12,17H,3-4,13-16H2,1-2H3,(H,25,29)/t17-/m1/s1. The fourth-order valence-corrected chi connectivity index (χ4v) is 5.33. The molecule has 0 aromatic heterocycles. The van der Waals surface area contributed by atoms with Gasteiger partial charge in [0.15, 0.2) is 0 Å². The first-order chi connectivity index (χ1) is 15.3. The van der Waals surface area contributed by atoms with Crippen LogP contribution in [0, 0.1) is 11.7 Å². The average molecular weight is 462 g/mol. The molecule has 0 spiro atoms. The molecule has 7 nitrogen and oxygen atoms in total. The van der Waals surface area contributed by atoms with Gasteiger partial charge in [0.05, 0.1) is 10.8 Å². The largest absolute Gasteiger partial charge is 0.326 e. The molecule has 9 heteroatoms. The lowest BCUT2D eigenvalue weighted by Crippen LogP contribution is -2.32. The molecule has 3 rings (SSSR count). The number of rotatable bonds is 9. The number of sulfonamides is 1. The predicted molar refractivity (Wildman–Crippen MR) is 121 cm³/mol. The highest BCUT2D eigenvalue weighted by Crippen LogP contribution is 2.26. The minimum Gasteiger partial charge on any atom is -0.326 e. The van der Waals surface area contributed by atoms with Gasteiger partial charge in [-0.1, -0.05) is 13.8 Å². The number of anilines is 2. The molecule has 0 aliphatic carbocycles. The van der Waals surface area contributed by atoms with Crippen LogP contribution in [0.5, 0.6) is 0 Å². The summed E-state index contributed by atoms with van der Waals surface area (Å²) in [5.41, 5.74) is 1.00. The van der Waals surface area contributed by atoms with E-state index in [1.54, 1.807) is 12.1 Å². The highest BCUT2D eigenvalue weighted by atomic mass is 32.2. The summed E-state index contributed by atoms with van der Waals surface area (Å²) in [4.78, 5) is 26.7. The minimum absolute atomic E-state index is 0.0542. The highest BCUT2D eigenvalue weighted by molar-refractivity contribution is 7.89. The zero-order valence-electron chi connectivity index (χ0n) is 18.3. The van der Waals surface area contributed by atoms with Gasteiger partial charge in [-0.05, 0) is 61.4 Å². The van der Waals surface area contributed by atoms with E-state index >= 15 is 0 Å². The number of nitrogens with one attached hydrogen (secondary N) is 1. The molecule has 0 bridgehead atoms. The lowest BCUT2D eigenvalue weighted by molar-refractivity contribution is -0.122. The Balaban J connectivity index is 1.66. The van der Waals surface area contributed by atoms with Crippen LogP contribution < -0.4 is 10.2 Å². The predicted octanol–water partition coefficient (Wildman–Crippen LogP) is 3.63. The van der Waals surface area contributed by atoms with Crippen LogP contribution in [0.4, 0.5) is 15.8 Å². The van der Waals surface area contributed by atoms with Gasteiger partial charge < -0.3 is 10.2 Å². The Morgan fingerprint density at radius 3 is 2.22 bits per heavy atom. The number of carbonyl (C=O) groups excluding carboxylic acids is 2. The Labute approximate surface area is 188 Å². The Morgan fingerprint density at radius 2 is 1.66 bits per heavy atom. The van der Waals surface area contributed by atoms with E-state index in [0.717, 1.165) is 12.8 Å². The van der Waals surface area contributed by atoms with E-state index in [2.05, 4.69) is 5.32 Å². The van der Waals surface area contributed by atoms with Crippen LogP contribution in [0.3, 0.4) is 0 Å². The summed E-state index contributed by atoms with van der Waals surface area (Å²) in [6.07, 6.45) is 1.50. The Kier molecular flexibility index (Phi) is 7.63. The molecule has 2 aromatic rings. The first-order valence-corrected chi connectivity index (χ1v) is 12.2. The number of hydrogen-bond acceptors (Lipinski definition) is 4. The van der Waals surface area contributed by atoms with Crippen molar-refractivity contribution in [1.82, 2.24) is 4.31 Å². The van der Waals surface area contributed by atoms with E-state index in [9.17, 15) is 22.4 Å². The van der Waals surface area contributed by atoms with E-state index in [4.69, 9.17) is 0 Å². The fourth-order valence-electron chi connectivity index (χ4n) is 3.71. The van der Waals surface area contributed by atoms with Crippen molar-refractivity contribution < 1.29 is 22.4 Å². The topological polar surface area (TPSA) is 86.8 Å². The summed E-state index contributed by atoms with van der Waals surface area (Å²) < 4.78 is 40.3. The van der Waals surface area contributed by atoms with Crippen molar-refractivity contribution in [3.63, 3.8) is 0 Å². The SMILES string of the molecule is CCCN(CCC)S(=O)(=O)c1ccc(NC(=O)[C@@H]2CC(=O)N(c3ccc(F)cc3)C2)cc1. The normalized spacial score (nSPS) is 16.6. The lowest BCUT2D eigenvalue weighted by Gasteiger charge is -2.21. The second kappa shape index (κ2) is 10.2. The molecule has 1 aliphatic heterocycles. The molecule has 172 valence electrons. The van der Waals surface area contributed by atoms with Crippen molar-refractivity contribution in [2.24, 2.45) is 5.92 Å². The van der Waals surface area contributed by atoms with E-state index in [-0.39, 0.29) is 29.7 Å². The molecular formula is C23H28FN3O4S. The monoisotopic (exact) mass is 461 g/mol. The number of hydrogen-bond donors (Lipinski definition) is 1. The fraction of sp³-hybridized carbons (Fsp3) is 0.391. The average Bonchev–Trinajstić information content (AvgIpc) is 3.16. The van der Waals surface area contributed by atoms with Gasteiger partial charge in [0.25, 0.3) is 0 Å². The van der Waals surface area contributed by atoms with Gasteiger partial charge in [-0.15, -0.1) is 0 Å². The molecule has 1 saturated heterocycles. The summed E-state index contributed by atoms with van der Waals surface area (Å²) in [5.74, 6) is -1.48. The third kappa shape index (κ3) is 5.34. The molecule has 0 unspecified atom stereocenters.